The average molecular weight is 233 g/mol. The van der Waals surface area contributed by atoms with Crippen LogP contribution in [-0.4, -0.2) is 18.0 Å². The van der Waals surface area contributed by atoms with Crippen molar-refractivity contribution < 1.29 is 19.1 Å². The molecule has 0 amide bonds. The first-order valence-electron chi connectivity index (χ1n) is 5.23. The molecular formula is C13H13O4. The second-order valence-electron chi connectivity index (χ2n) is 3.46. The van der Waals surface area contributed by atoms with E-state index in [1.54, 1.807) is 6.92 Å². The summed E-state index contributed by atoms with van der Waals surface area (Å²) in [6.45, 7) is 3.21. The van der Waals surface area contributed by atoms with Crippen molar-refractivity contribution in [3.8, 4) is 5.75 Å². The highest BCUT2D eigenvalue weighted by molar-refractivity contribution is 5.96. The van der Waals surface area contributed by atoms with E-state index in [-0.39, 0.29) is 17.1 Å². The monoisotopic (exact) mass is 233 g/mol. The van der Waals surface area contributed by atoms with Crippen LogP contribution >= 0.6 is 0 Å². The smallest absolute Gasteiger partial charge is 0.315 e. The highest BCUT2D eigenvalue weighted by atomic mass is 16.5. The third kappa shape index (κ3) is 3.52. The highest BCUT2D eigenvalue weighted by Crippen LogP contribution is 2.19. The van der Waals surface area contributed by atoms with Crippen molar-refractivity contribution in [2.24, 2.45) is 0 Å². The zero-order valence-corrected chi connectivity index (χ0v) is 9.73. The molecule has 0 unspecified atom stereocenters. The third-order valence-electron chi connectivity index (χ3n) is 2.12. The fourth-order valence-electron chi connectivity index (χ4n) is 1.27. The van der Waals surface area contributed by atoms with Crippen molar-refractivity contribution in [1.29, 1.82) is 0 Å². The molecule has 17 heavy (non-hydrogen) atoms. The largest absolute Gasteiger partial charge is 0.426 e. The van der Waals surface area contributed by atoms with Gasteiger partial charge in [0.15, 0.2) is 12.1 Å². The van der Waals surface area contributed by atoms with E-state index in [1.807, 2.05) is 0 Å². The van der Waals surface area contributed by atoms with Crippen molar-refractivity contribution in [2.75, 3.05) is 0 Å². The molecule has 1 aromatic rings. The summed E-state index contributed by atoms with van der Waals surface area (Å²) in [6.07, 6.45) is 2.48. The second-order valence-corrected chi connectivity index (χ2v) is 3.46. The minimum Gasteiger partial charge on any atom is -0.426 e. The maximum absolute atomic E-state index is 11.2. The maximum atomic E-state index is 11.2. The van der Waals surface area contributed by atoms with Crippen LogP contribution in [0.15, 0.2) is 18.2 Å². The molecule has 0 aliphatic carbocycles. The van der Waals surface area contributed by atoms with E-state index in [2.05, 4.69) is 0 Å². The summed E-state index contributed by atoms with van der Waals surface area (Å²) in [5.41, 5.74) is 0.599. The fourth-order valence-corrected chi connectivity index (χ4v) is 1.27. The van der Waals surface area contributed by atoms with Gasteiger partial charge < -0.3 is 4.74 Å². The van der Waals surface area contributed by atoms with Crippen LogP contribution in [0.25, 0.3) is 0 Å². The number of Topliss-reactive ketones (excluding diaryl/α,β-unsaturated/α-hetero) is 1. The van der Waals surface area contributed by atoms with Crippen LogP contribution in [0, 0.1) is 6.42 Å². The van der Waals surface area contributed by atoms with Gasteiger partial charge in [-0.1, -0.05) is 6.92 Å². The van der Waals surface area contributed by atoms with Gasteiger partial charge >= 0.3 is 5.97 Å². The zero-order chi connectivity index (χ0) is 12.8. The Labute approximate surface area is 99.6 Å². The number of rotatable bonds is 5. The number of esters is 1. The van der Waals surface area contributed by atoms with E-state index in [1.165, 1.54) is 31.5 Å². The van der Waals surface area contributed by atoms with Crippen LogP contribution in [0.2, 0.25) is 0 Å². The molecule has 0 atom stereocenters. The fraction of sp³-hybridized carbons (Fsp3) is 0.231. The van der Waals surface area contributed by atoms with Crippen molar-refractivity contribution in [3.63, 3.8) is 0 Å². The van der Waals surface area contributed by atoms with Crippen LogP contribution in [0.1, 0.15) is 41.0 Å². The molecule has 0 saturated heterocycles. The Morgan fingerprint density at radius 1 is 1.35 bits per heavy atom. The van der Waals surface area contributed by atoms with E-state index >= 15 is 0 Å². The lowest BCUT2D eigenvalue weighted by Crippen LogP contribution is -2.09. The lowest BCUT2D eigenvalue weighted by Gasteiger charge is -2.06. The molecule has 0 aromatic heterocycles. The van der Waals surface area contributed by atoms with Gasteiger partial charge in [-0.2, -0.15) is 0 Å². The molecule has 0 saturated carbocycles. The summed E-state index contributed by atoms with van der Waals surface area (Å²) in [4.78, 5) is 33.2. The van der Waals surface area contributed by atoms with Gasteiger partial charge in [0.05, 0.1) is 12.0 Å². The van der Waals surface area contributed by atoms with Gasteiger partial charge in [-0.3, -0.25) is 14.4 Å². The molecule has 0 bridgehead atoms. The Morgan fingerprint density at radius 2 is 2.06 bits per heavy atom. The van der Waals surface area contributed by atoms with E-state index in [9.17, 15) is 14.4 Å². The SMILES string of the molecule is CC[CH]C(=O)Oc1ccc(C(C)=O)cc1C=O. The summed E-state index contributed by atoms with van der Waals surface area (Å²) in [6, 6.07) is 4.37. The molecule has 0 fully saturated rings. The molecule has 4 heteroatoms. The Kier molecular flexibility index (Phi) is 4.57. The van der Waals surface area contributed by atoms with Crippen molar-refractivity contribution >= 4 is 18.0 Å². The van der Waals surface area contributed by atoms with Gasteiger partial charge in [0.25, 0.3) is 0 Å². The number of hydrogen-bond donors (Lipinski definition) is 0. The number of carbonyl (C=O) groups excluding carboxylic acids is 3. The molecule has 1 aromatic carbocycles. The molecule has 0 spiro atoms. The van der Waals surface area contributed by atoms with E-state index in [0.29, 0.717) is 18.3 Å². The summed E-state index contributed by atoms with van der Waals surface area (Å²) in [7, 11) is 0. The number of ketones is 1. The number of carbonyl (C=O) groups is 3. The first kappa shape index (κ1) is 13.1. The predicted molar refractivity (Wildman–Crippen MR) is 62.1 cm³/mol. The predicted octanol–water partition coefficient (Wildman–Crippen LogP) is 2.22. The Morgan fingerprint density at radius 3 is 2.59 bits per heavy atom. The summed E-state index contributed by atoms with van der Waals surface area (Å²) >= 11 is 0. The lowest BCUT2D eigenvalue weighted by atomic mass is 10.1. The number of ether oxygens (including phenoxy) is 1. The topological polar surface area (TPSA) is 60.4 Å². The molecular weight excluding hydrogens is 220 g/mol. The molecule has 1 radical (unpaired) electrons. The Bertz CT molecular complexity index is 449. The first-order chi connectivity index (χ1) is 8.08. The van der Waals surface area contributed by atoms with E-state index < -0.39 is 5.97 Å². The average Bonchev–Trinajstić information content (AvgIpc) is 2.29. The van der Waals surface area contributed by atoms with Crippen LogP contribution in [0.4, 0.5) is 0 Å². The normalized spacial score (nSPS) is 9.76. The highest BCUT2D eigenvalue weighted by Gasteiger charge is 2.10. The Balaban J connectivity index is 2.96. The Hall–Kier alpha value is -1.97. The van der Waals surface area contributed by atoms with Gasteiger partial charge in [0, 0.05) is 5.56 Å². The molecule has 89 valence electrons. The van der Waals surface area contributed by atoms with Crippen molar-refractivity contribution in [3.05, 3.63) is 35.7 Å². The number of aldehydes is 1. The van der Waals surface area contributed by atoms with E-state index in [0.717, 1.165) is 0 Å². The second kappa shape index (κ2) is 5.94. The van der Waals surface area contributed by atoms with Gasteiger partial charge in [0.2, 0.25) is 0 Å². The van der Waals surface area contributed by atoms with Crippen LogP contribution < -0.4 is 4.74 Å². The van der Waals surface area contributed by atoms with Crippen molar-refractivity contribution in [2.45, 2.75) is 20.3 Å². The van der Waals surface area contributed by atoms with Crippen LogP contribution in [0.3, 0.4) is 0 Å². The molecule has 0 aliphatic rings. The van der Waals surface area contributed by atoms with Crippen LogP contribution in [-0.2, 0) is 4.79 Å². The van der Waals surface area contributed by atoms with Gasteiger partial charge in [0.1, 0.15) is 5.75 Å². The third-order valence-corrected chi connectivity index (χ3v) is 2.12. The standard InChI is InChI=1S/C13H13O4/c1-3-4-13(16)17-12-6-5-10(9(2)15)7-11(12)8-14/h4-8H,3H2,1-2H3. The lowest BCUT2D eigenvalue weighted by molar-refractivity contribution is -0.130. The molecule has 1 rings (SSSR count). The molecule has 0 heterocycles. The number of hydrogen-bond acceptors (Lipinski definition) is 4. The summed E-state index contributed by atoms with van der Waals surface area (Å²) < 4.78 is 4.97. The summed E-state index contributed by atoms with van der Waals surface area (Å²) in [5.74, 6) is -0.489. The molecule has 0 N–H and O–H groups in total. The van der Waals surface area contributed by atoms with Crippen LogP contribution in [0.5, 0.6) is 5.75 Å². The minimum absolute atomic E-state index is 0.147. The number of benzene rings is 1. The minimum atomic E-state index is -0.508. The van der Waals surface area contributed by atoms with Gasteiger partial charge in [-0.25, -0.2) is 0 Å². The first-order valence-corrected chi connectivity index (χ1v) is 5.23. The zero-order valence-electron chi connectivity index (χ0n) is 9.73. The molecule has 4 nitrogen and oxygen atoms in total. The maximum Gasteiger partial charge on any atom is 0.315 e. The van der Waals surface area contributed by atoms with Gasteiger partial charge in [-0.05, 0) is 31.5 Å². The quantitative estimate of drug-likeness (QED) is 0.338. The molecule has 0 aliphatic heterocycles. The van der Waals surface area contributed by atoms with Crippen molar-refractivity contribution in [1.82, 2.24) is 0 Å². The van der Waals surface area contributed by atoms with E-state index in [4.69, 9.17) is 4.74 Å². The van der Waals surface area contributed by atoms with Gasteiger partial charge in [-0.15, -0.1) is 0 Å². The summed E-state index contributed by atoms with van der Waals surface area (Å²) in [5, 5.41) is 0.